The molecule has 3 heterocycles. The highest BCUT2D eigenvalue weighted by Gasteiger charge is 2.23. The Morgan fingerprint density at radius 1 is 0.397 bits per heavy atom. The molecule has 0 spiro atoms. The number of fused-ring (bicyclic) bond motifs is 12. The van der Waals surface area contributed by atoms with Gasteiger partial charge in [-0.3, -0.25) is 4.98 Å². The van der Waals surface area contributed by atoms with Gasteiger partial charge in [0, 0.05) is 39.3 Å². The van der Waals surface area contributed by atoms with Gasteiger partial charge < -0.3 is 13.9 Å². The Bertz CT molecular complexity index is 3870. The van der Waals surface area contributed by atoms with E-state index in [0.29, 0.717) is 0 Å². The summed E-state index contributed by atoms with van der Waals surface area (Å²) >= 11 is 0. The normalized spacial score (nSPS) is 11.8. The van der Waals surface area contributed by atoms with E-state index in [2.05, 4.69) is 221 Å². The number of para-hydroxylation sites is 2. The molecular weight excluding hydrogens is 767 g/mol. The maximum Gasteiger partial charge on any atom is 0.143 e. The summed E-state index contributed by atoms with van der Waals surface area (Å²) in [5.41, 5.74) is 12.7. The van der Waals surface area contributed by atoms with Crippen molar-refractivity contribution in [3.8, 4) is 27.9 Å². The molecular formula is C59H37N3O. The van der Waals surface area contributed by atoms with Gasteiger partial charge in [-0.2, -0.15) is 0 Å². The van der Waals surface area contributed by atoms with Gasteiger partial charge >= 0.3 is 0 Å². The topological polar surface area (TPSA) is 34.2 Å². The summed E-state index contributed by atoms with van der Waals surface area (Å²) in [7, 11) is 0. The maximum absolute atomic E-state index is 7.00. The SMILES string of the molecule is c1ccc(-c2ccc(N(c3ccc4c5ccccc5c5ccccc5c4c3)c3cccc4oc5c(-c6ccc7c8ccccc8n(-c8cccnc8)c7c6)cccc5c34)cc2)cc1. The summed E-state index contributed by atoms with van der Waals surface area (Å²) in [6.45, 7) is 0. The lowest BCUT2D eigenvalue weighted by Crippen LogP contribution is -2.10. The number of pyridine rings is 1. The largest absolute Gasteiger partial charge is 0.455 e. The zero-order chi connectivity index (χ0) is 41.4. The molecule has 0 N–H and O–H groups in total. The molecule has 0 atom stereocenters. The van der Waals surface area contributed by atoms with Gasteiger partial charge in [0.25, 0.3) is 0 Å². The van der Waals surface area contributed by atoms with Gasteiger partial charge in [0.1, 0.15) is 11.2 Å². The molecule has 0 saturated carbocycles. The molecule has 0 saturated heterocycles. The minimum atomic E-state index is 0.837. The van der Waals surface area contributed by atoms with Crippen LogP contribution in [-0.4, -0.2) is 9.55 Å². The molecule has 0 fully saturated rings. The Labute approximate surface area is 363 Å². The Morgan fingerprint density at radius 2 is 1.00 bits per heavy atom. The van der Waals surface area contributed by atoms with E-state index in [1.807, 2.05) is 18.5 Å². The fraction of sp³-hybridized carbons (Fsp3) is 0. The lowest BCUT2D eigenvalue weighted by atomic mass is 9.94. The fourth-order valence-electron chi connectivity index (χ4n) is 10.0. The number of hydrogen-bond acceptors (Lipinski definition) is 3. The first kappa shape index (κ1) is 35.3. The molecule has 0 aliphatic rings. The Hall–Kier alpha value is -8.47. The third-order valence-electron chi connectivity index (χ3n) is 12.8. The van der Waals surface area contributed by atoms with Crippen LogP contribution in [0.5, 0.6) is 0 Å². The predicted molar refractivity (Wildman–Crippen MR) is 264 cm³/mol. The number of furan rings is 1. The molecule has 0 radical (unpaired) electrons. The third-order valence-corrected chi connectivity index (χ3v) is 12.8. The van der Waals surface area contributed by atoms with E-state index in [4.69, 9.17) is 4.42 Å². The molecule has 0 unspecified atom stereocenters. The highest BCUT2D eigenvalue weighted by atomic mass is 16.3. The average Bonchev–Trinajstić information content (AvgIpc) is 3.91. The van der Waals surface area contributed by atoms with Gasteiger partial charge in [0.2, 0.25) is 0 Å². The molecule has 63 heavy (non-hydrogen) atoms. The van der Waals surface area contributed by atoms with E-state index in [1.165, 1.54) is 54.2 Å². The van der Waals surface area contributed by atoms with E-state index >= 15 is 0 Å². The summed E-state index contributed by atoms with van der Waals surface area (Å²) < 4.78 is 9.31. The third kappa shape index (κ3) is 5.52. The first-order valence-corrected chi connectivity index (χ1v) is 21.4. The molecule has 3 aromatic heterocycles. The van der Waals surface area contributed by atoms with E-state index in [9.17, 15) is 0 Å². The fourth-order valence-corrected chi connectivity index (χ4v) is 10.0. The van der Waals surface area contributed by atoms with Crippen LogP contribution in [-0.2, 0) is 0 Å². The number of anilines is 3. The van der Waals surface area contributed by atoms with Crippen LogP contribution in [0.2, 0.25) is 0 Å². The molecule has 13 aromatic rings. The van der Waals surface area contributed by atoms with Gasteiger partial charge in [-0.25, -0.2) is 0 Å². The molecule has 0 amide bonds. The molecule has 10 aromatic carbocycles. The van der Waals surface area contributed by atoms with Crippen LogP contribution in [0.3, 0.4) is 0 Å². The Morgan fingerprint density at radius 3 is 1.76 bits per heavy atom. The summed E-state index contributed by atoms with van der Waals surface area (Å²) in [6.07, 6.45) is 3.76. The maximum atomic E-state index is 7.00. The lowest BCUT2D eigenvalue weighted by Gasteiger charge is -2.27. The van der Waals surface area contributed by atoms with Gasteiger partial charge in [0.15, 0.2) is 0 Å². The zero-order valence-electron chi connectivity index (χ0n) is 34.1. The summed E-state index contributed by atoms with van der Waals surface area (Å²) in [5.74, 6) is 0. The van der Waals surface area contributed by atoms with Crippen molar-refractivity contribution in [1.82, 2.24) is 9.55 Å². The molecule has 0 bridgehead atoms. The number of benzene rings is 10. The Balaban J connectivity index is 1.04. The van der Waals surface area contributed by atoms with Crippen molar-refractivity contribution in [2.24, 2.45) is 0 Å². The van der Waals surface area contributed by atoms with Crippen molar-refractivity contribution in [3.63, 3.8) is 0 Å². The molecule has 0 aliphatic carbocycles. The van der Waals surface area contributed by atoms with Crippen LogP contribution in [0.25, 0.3) is 104 Å². The van der Waals surface area contributed by atoms with E-state index in [-0.39, 0.29) is 0 Å². The molecule has 4 nitrogen and oxygen atoms in total. The highest BCUT2D eigenvalue weighted by Crippen LogP contribution is 2.47. The molecule has 0 aliphatic heterocycles. The quantitative estimate of drug-likeness (QED) is 0.157. The van der Waals surface area contributed by atoms with Crippen molar-refractivity contribution in [1.29, 1.82) is 0 Å². The smallest absolute Gasteiger partial charge is 0.143 e. The molecule has 13 rings (SSSR count). The molecule has 4 heteroatoms. The van der Waals surface area contributed by atoms with Gasteiger partial charge in [-0.15, -0.1) is 0 Å². The lowest BCUT2D eigenvalue weighted by molar-refractivity contribution is 0.670. The highest BCUT2D eigenvalue weighted by molar-refractivity contribution is 6.26. The van der Waals surface area contributed by atoms with Crippen molar-refractivity contribution >= 4 is 93.1 Å². The number of nitrogens with zero attached hydrogens (tertiary/aromatic N) is 3. The number of rotatable bonds is 6. The monoisotopic (exact) mass is 803 g/mol. The van der Waals surface area contributed by atoms with Gasteiger partial charge in [-0.1, -0.05) is 152 Å². The average molecular weight is 804 g/mol. The first-order chi connectivity index (χ1) is 31.3. The number of aromatic nitrogens is 2. The van der Waals surface area contributed by atoms with E-state index in [0.717, 1.165) is 66.8 Å². The Kier molecular flexibility index (Phi) is 7.87. The van der Waals surface area contributed by atoms with Crippen molar-refractivity contribution in [2.75, 3.05) is 4.90 Å². The zero-order valence-corrected chi connectivity index (χ0v) is 34.1. The molecule has 294 valence electrons. The van der Waals surface area contributed by atoms with Crippen LogP contribution >= 0.6 is 0 Å². The minimum Gasteiger partial charge on any atom is -0.455 e. The van der Waals surface area contributed by atoms with Crippen LogP contribution in [0, 0.1) is 0 Å². The second-order valence-electron chi connectivity index (χ2n) is 16.3. The van der Waals surface area contributed by atoms with Gasteiger partial charge in [-0.05, 0) is 110 Å². The van der Waals surface area contributed by atoms with Gasteiger partial charge in [0.05, 0.1) is 34.0 Å². The first-order valence-electron chi connectivity index (χ1n) is 21.4. The summed E-state index contributed by atoms with van der Waals surface area (Å²) in [6, 6.07) is 76.5. The van der Waals surface area contributed by atoms with Crippen LogP contribution in [0.1, 0.15) is 0 Å². The second kappa shape index (κ2) is 14.1. The van der Waals surface area contributed by atoms with Crippen molar-refractivity contribution in [2.45, 2.75) is 0 Å². The van der Waals surface area contributed by atoms with Crippen molar-refractivity contribution < 1.29 is 4.42 Å². The minimum absolute atomic E-state index is 0.837. The predicted octanol–water partition coefficient (Wildman–Crippen LogP) is 16.3. The summed E-state index contributed by atoms with van der Waals surface area (Å²) in [5, 5.41) is 12.0. The van der Waals surface area contributed by atoms with Crippen LogP contribution in [0.4, 0.5) is 17.1 Å². The van der Waals surface area contributed by atoms with E-state index in [1.54, 1.807) is 0 Å². The van der Waals surface area contributed by atoms with E-state index < -0.39 is 0 Å². The second-order valence-corrected chi connectivity index (χ2v) is 16.3. The van der Waals surface area contributed by atoms with Crippen LogP contribution in [0.15, 0.2) is 229 Å². The summed E-state index contributed by atoms with van der Waals surface area (Å²) in [4.78, 5) is 6.89. The number of hydrogen-bond donors (Lipinski definition) is 0. The standard InChI is InChI=1S/C59H37N3O/c1-2-13-38(14-3-1)39-26-29-41(30-27-39)61(42-31-33-49-47-18-5-4-16-45(47)46-17-6-7-19-48(46)53(49)36-42)55-24-11-25-57-58(55)52-22-10-21-44(59(52)63-57)40-28-32-51-50-20-8-9-23-54(50)62(56(51)35-40)43-15-12-34-60-37-43/h1-37H. The van der Waals surface area contributed by atoms with Crippen LogP contribution < -0.4 is 4.90 Å². The van der Waals surface area contributed by atoms with Crippen molar-refractivity contribution in [3.05, 3.63) is 225 Å².